The lowest BCUT2D eigenvalue weighted by Crippen LogP contribution is -1.90. The molecule has 0 atom stereocenters. The van der Waals surface area contributed by atoms with Gasteiger partial charge in [0, 0.05) is 5.56 Å². The average Bonchev–Trinajstić information content (AvgIpc) is 3.09. The molecule has 1 aromatic heterocycles. The van der Waals surface area contributed by atoms with Crippen molar-refractivity contribution in [3.05, 3.63) is 71.1 Å². The summed E-state index contributed by atoms with van der Waals surface area (Å²) < 4.78 is 5.20. The molecule has 5 nitrogen and oxygen atoms in total. The van der Waals surface area contributed by atoms with Crippen LogP contribution in [0.5, 0.6) is 0 Å². The molecule has 3 rings (SSSR count). The fourth-order valence-corrected chi connectivity index (χ4v) is 2.29. The first-order chi connectivity index (χ1) is 12.1. The van der Waals surface area contributed by atoms with Crippen molar-refractivity contribution in [3.8, 4) is 11.4 Å². The summed E-state index contributed by atoms with van der Waals surface area (Å²) in [6.45, 7) is 6.51. The minimum atomic E-state index is 0.138. The fraction of sp³-hybridized carbons (Fsp3) is 0.250. The molecular weight excluding hydrogens is 314 g/mol. The van der Waals surface area contributed by atoms with Crippen molar-refractivity contribution in [2.45, 2.75) is 33.3 Å². The number of hydrogen-bond acceptors (Lipinski definition) is 5. The van der Waals surface area contributed by atoms with E-state index in [0.717, 1.165) is 11.1 Å². The van der Waals surface area contributed by atoms with Crippen molar-refractivity contribution >= 4 is 6.21 Å². The van der Waals surface area contributed by atoms with Crippen molar-refractivity contribution in [1.29, 1.82) is 0 Å². The van der Waals surface area contributed by atoms with E-state index in [9.17, 15) is 0 Å². The van der Waals surface area contributed by atoms with Gasteiger partial charge in [0.15, 0.2) is 6.61 Å². The summed E-state index contributed by atoms with van der Waals surface area (Å²) in [6.07, 6.45) is 1.65. The first-order valence-electron chi connectivity index (χ1n) is 8.27. The molecule has 0 amide bonds. The predicted octanol–water partition coefficient (Wildman–Crippen LogP) is 4.72. The molecule has 0 unspecified atom stereocenters. The second-order valence-electron chi connectivity index (χ2n) is 6.21. The van der Waals surface area contributed by atoms with Crippen molar-refractivity contribution in [3.63, 3.8) is 0 Å². The van der Waals surface area contributed by atoms with Gasteiger partial charge in [0.25, 0.3) is 5.89 Å². The number of oxime groups is 1. The Morgan fingerprint density at radius 3 is 2.48 bits per heavy atom. The fourth-order valence-electron chi connectivity index (χ4n) is 2.29. The summed E-state index contributed by atoms with van der Waals surface area (Å²) >= 11 is 0. The lowest BCUT2D eigenvalue weighted by atomic mass is 10.0. The molecule has 25 heavy (non-hydrogen) atoms. The SMILES string of the molecule is Cc1ccc(/C=N\OCc2nc(-c3ccc(C(C)C)cc3)no2)cc1. The average molecular weight is 335 g/mol. The normalized spacial score (nSPS) is 11.4. The molecule has 1 heterocycles. The number of aromatic nitrogens is 2. The summed E-state index contributed by atoms with van der Waals surface area (Å²) in [4.78, 5) is 9.56. The molecule has 3 aromatic rings. The number of hydrogen-bond donors (Lipinski definition) is 0. The number of rotatable bonds is 6. The summed E-state index contributed by atoms with van der Waals surface area (Å²) in [5, 5.41) is 7.92. The van der Waals surface area contributed by atoms with Crippen LogP contribution in [0.3, 0.4) is 0 Å². The summed E-state index contributed by atoms with van der Waals surface area (Å²) in [5.41, 5.74) is 4.38. The van der Waals surface area contributed by atoms with Gasteiger partial charge in [-0.1, -0.05) is 78.3 Å². The van der Waals surface area contributed by atoms with E-state index in [1.807, 2.05) is 43.3 Å². The summed E-state index contributed by atoms with van der Waals surface area (Å²) in [7, 11) is 0. The van der Waals surface area contributed by atoms with Crippen LogP contribution in [0, 0.1) is 6.92 Å². The van der Waals surface area contributed by atoms with Gasteiger partial charge in [0.1, 0.15) is 0 Å². The maximum absolute atomic E-state index is 5.23. The van der Waals surface area contributed by atoms with Crippen LogP contribution < -0.4 is 0 Å². The van der Waals surface area contributed by atoms with Gasteiger partial charge in [0.2, 0.25) is 5.82 Å². The van der Waals surface area contributed by atoms with Crippen LogP contribution in [0.25, 0.3) is 11.4 Å². The Morgan fingerprint density at radius 1 is 1.08 bits per heavy atom. The van der Waals surface area contributed by atoms with E-state index in [-0.39, 0.29) is 6.61 Å². The Labute approximate surface area is 147 Å². The highest BCUT2D eigenvalue weighted by Gasteiger charge is 2.09. The van der Waals surface area contributed by atoms with Crippen molar-refractivity contribution < 1.29 is 9.36 Å². The van der Waals surface area contributed by atoms with Gasteiger partial charge < -0.3 is 9.36 Å². The third-order valence-electron chi connectivity index (χ3n) is 3.85. The Balaban J connectivity index is 1.57. The van der Waals surface area contributed by atoms with Gasteiger partial charge in [-0.15, -0.1) is 0 Å². The molecule has 0 aliphatic rings. The maximum atomic E-state index is 5.23. The van der Waals surface area contributed by atoms with E-state index < -0.39 is 0 Å². The van der Waals surface area contributed by atoms with Crippen LogP contribution in [-0.4, -0.2) is 16.4 Å². The number of nitrogens with zero attached hydrogens (tertiary/aromatic N) is 3. The Morgan fingerprint density at radius 2 is 1.80 bits per heavy atom. The molecular formula is C20H21N3O2. The van der Waals surface area contributed by atoms with Gasteiger partial charge in [0.05, 0.1) is 6.21 Å². The molecule has 128 valence electrons. The molecule has 0 fully saturated rings. The summed E-state index contributed by atoms with van der Waals surface area (Å²) in [6, 6.07) is 16.2. The van der Waals surface area contributed by atoms with Crippen LogP contribution in [0.4, 0.5) is 0 Å². The molecule has 0 radical (unpaired) electrons. The van der Waals surface area contributed by atoms with Gasteiger partial charge in [-0.2, -0.15) is 4.98 Å². The number of benzene rings is 2. The molecule has 0 spiro atoms. The van der Waals surface area contributed by atoms with Crippen molar-refractivity contribution in [2.75, 3.05) is 0 Å². The van der Waals surface area contributed by atoms with Gasteiger partial charge in [-0.3, -0.25) is 0 Å². The van der Waals surface area contributed by atoms with Crippen LogP contribution in [-0.2, 0) is 11.4 Å². The predicted molar refractivity (Wildman–Crippen MR) is 97.4 cm³/mol. The van der Waals surface area contributed by atoms with E-state index in [1.54, 1.807) is 6.21 Å². The maximum Gasteiger partial charge on any atom is 0.267 e. The zero-order chi connectivity index (χ0) is 17.6. The van der Waals surface area contributed by atoms with Gasteiger partial charge in [-0.25, -0.2) is 0 Å². The standard InChI is InChI=1S/C20H21N3O2/c1-14(2)17-8-10-18(11-9-17)20-22-19(25-23-20)13-24-21-12-16-6-4-15(3)5-7-16/h4-12,14H,13H2,1-3H3/b21-12-. The molecule has 0 N–H and O–H groups in total. The highest BCUT2D eigenvalue weighted by atomic mass is 16.6. The van der Waals surface area contributed by atoms with Crippen molar-refractivity contribution in [1.82, 2.24) is 10.1 Å². The monoisotopic (exact) mass is 335 g/mol. The molecule has 0 bridgehead atoms. The van der Waals surface area contributed by atoms with E-state index >= 15 is 0 Å². The Kier molecular flexibility index (Phi) is 5.23. The largest absolute Gasteiger partial charge is 0.386 e. The van der Waals surface area contributed by atoms with Crippen LogP contribution >= 0.6 is 0 Å². The second kappa shape index (κ2) is 7.75. The molecule has 0 aliphatic heterocycles. The first kappa shape index (κ1) is 16.9. The molecule has 2 aromatic carbocycles. The lowest BCUT2D eigenvalue weighted by Gasteiger charge is -2.04. The topological polar surface area (TPSA) is 60.5 Å². The quantitative estimate of drug-likeness (QED) is 0.483. The Bertz CT molecular complexity index is 834. The summed E-state index contributed by atoms with van der Waals surface area (Å²) in [5.74, 6) is 1.44. The first-order valence-corrected chi connectivity index (χ1v) is 8.27. The van der Waals surface area contributed by atoms with E-state index in [4.69, 9.17) is 9.36 Å². The van der Waals surface area contributed by atoms with Gasteiger partial charge >= 0.3 is 0 Å². The van der Waals surface area contributed by atoms with E-state index in [0.29, 0.717) is 17.6 Å². The molecule has 0 saturated heterocycles. The second-order valence-corrected chi connectivity index (χ2v) is 6.21. The number of aryl methyl sites for hydroxylation is 1. The van der Waals surface area contributed by atoms with Crippen LogP contribution in [0.15, 0.2) is 58.2 Å². The highest BCUT2D eigenvalue weighted by Crippen LogP contribution is 2.20. The van der Waals surface area contributed by atoms with Crippen molar-refractivity contribution in [2.24, 2.45) is 5.16 Å². The molecule has 5 heteroatoms. The third kappa shape index (κ3) is 4.53. The minimum Gasteiger partial charge on any atom is -0.386 e. The van der Waals surface area contributed by atoms with Crippen LogP contribution in [0.1, 0.15) is 42.3 Å². The lowest BCUT2D eigenvalue weighted by molar-refractivity contribution is 0.107. The third-order valence-corrected chi connectivity index (χ3v) is 3.85. The minimum absolute atomic E-state index is 0.138. The van der Waals surface area contributed by atoms with E-state index in [1.165, 1.54) is 11.1 Å². The van der Waals surface area contributed by atoms with E-state index in [2.05, 4.69) is 41.3 Å². The Hall–Kier alpha value is -2.95. The zero-order valence-electron chi connectivity index (χ0n) is 14.6. The van der Waals surface area contributed by atoms with Gasteiger partial charge in [-0.05, 0) is 24.0 Å². The highest BCUT2D eigenvalue weighted by molar-refractivity contribution is 5.79. The zero-order valence-corrected chi connectivity index (χ0v) is 14.6. The molecule has 0 saturated carbocycles. The smallest absolute Gasteiger partial charge is 0.267 e. The van der Waals surface area contributed by atoms with Crippen LogP contribution in [0.2, 0.25) is 0 Å². The molecule has 0 aliphatic carbocycles.